The van der Waals surface area contributed by atoms with Gasteiger partial charge in [0, 0.05) is 7.05 Å². The van der Waals surface area contributed by atoms with Crippen LogP contribution in [-0.4, -0.2) is 35.7 Å². The average molecular weight is 282 g/mol. The molecule has 0 bridgehead atoms. The fourth-order valence-electron chi connectivity index (χ4n) is 2.03. The summed E-state index contributed by atoms with van der Waals surface area (Å²) >= 11 is 0. The molecule has 0 saturated carbocycles. The number of ether oxygens (including phenoxy) is 1. The molecular formula is C13H18N2O5. The van der Waals surface area contributed by atoms with Crippen LogP contribution >= 0.6 is 0 Å². The van der Waals surface area contributed by atoms with Gasteiger partial charge >= 0.3 is 11.7 Å². The topological polar surface area (TPSA) is 92.9 Å². The molecule has 0 aliphatic carbocycles. The van der Waals surface area contributed by atoms with Crippen molar-refractivity contribution in [2.75, 3.05) is 18.6 Å². The number of aliphatic carboxylic acids is 1. The van der Waals surface area contributed by atoms with E-state index < -0.39 is 16.9 Å². The van der Waals surface area contributed by atoms with E-state index in [9.17, 15) is 14.9 Å². The lowest BCUT2D eigenvalue weighted by molar-refractivity contribution is -0.385. The number of benzene rings is 1. The Bertz CT molecular complexity index is 504. The fourth-order valence-corrected chi connectivity index (χ4v) is 2.03. The van der Waals surface area contributed by atoms with Crippen LogP contribution in [0.3, 0.4) is 0 Å². The average Bonchev–Trinajstić information content (AvgIpc) is 2.38. The van der Waals surface area contributed by atoms with Crippen LogP contribution in [0.4, 0.5) is 11.4 Å². The first-order valence-electron chi connectivity index (χ1n) is 6.29. The fraction of sp³-hybridized carbons (Fsp3) is 0.462. The molecule has 0 radical (unpaired) electrons. The Labute approximate surface area is 116 Å². The van der Waals surface area contributed by atoms with Crippen molar-refractivity contribution in [2.24, 2.45) is 0 Å². The summed E-state index contributed by atoms with van der Waals surface area (Å²) in [5.41, 5.74) is 0.0201. The summed E-state index contributed by atoms with van der Waals surface area (Å²) < 4.78 is 5.25. The number of nitro benzene ring substituents is 1. The highest BCUT2D eigenvalue weighted by molar-refractivity contribution is 5.81. The molecule has 0 aliphatic rings. The first-order valence-corrected chi connectivity index (χ1v) is 6.29. The largest absolute Gasteiger partial charge is 0.487 e. The molecule has 110 valence electrons. The van der Waals surface area contributed by atoms with E-state index in [1.165, 1.54) is 24.1 Å². The van der Waals surface area contributed by atoms with Crippen molar-refractivity contribution in [3.63, 3.8) is 0 Å². The van der Waals surface area contributed by atoms with Crippen molar-refractivity contribution in [3.05, 3.63) is 28.3 Å². The highest BCUT2D eigenvalue weighted by Gasteiger charge is 2.29. The number of carboxylic acid groups (broad SMARTS) is 1. The molecule has 20 heavy (non-hydrogen) atoms. The summed E-state index contributed by atoms with van der Waals surface area (Å²) in [6.45, 7) is 3.74. The lowest BCUT2D eigenvalue weighted by atomic mass is 10.1. The molecule has 0 saturated heterocycles. The van der Waals surface area contributed by atoms with E-state index in [4.69, 9.17) is 9.84 Å². The van der Waals surface area contributed by atoms with Gasteiger partial charge in [0.25, 0.3) is 0 Å². The van der Waals surface area contributed by atoms with Crippen molar-refractivity contribution < 1.29 is 19.6 Å². The number of hydrogen-bond acceptors (Lipinski definition) is 5. The Morgan fingerprint density at radius 3 is 2.60 bits per heavy atom. The summed E-state index contributed by atoms with van der Waals surface area (Å²) in [5.74, 6) is -0.881. The van der Waals surface area contributed by atoms with Crippen LogP contribution in [0, 0.1) is 10.1 Å². The van der Waals surface area contributed by atoms with Gasteiger partial charge < -0.3 is 14.7 Å². The number of hydrogen-bond donors (Lipinski definition) is 1. The second-order valence-corrected chi connectivity index (χ2v) is 4.19. The van der Waals surface area contributed by atoms with Gasteiger partial charge in [0.05, 0.1) is 11.5 Å². The molecule has 7 nitrogen and oxygen atoms in total. The molecule has 1 atom stereocenters. The van der Waals surface area contributed by atoms with E-state index in [0.29, 0.717) is 13.0 Å². The summed E-state index contributed by atoms with van der Waals surface area (Å²) in [6.07, 6.45) is 0.335. The van der Waals surface area contributed by atoms with Crippen LogP contribution in [0.1, 0.15) is 20.3 Å². The number of nitro groups is 1. The van der Waals surface area contributed by atoms with Crippen molar-refractivity contribution in [1.29, 1.82) is 0 Å². The van der Waals surface area contributed by atoms with E-state index >= 15 is 0 Å². The highest BCUT2D eigenvalue weighted by Crippen LogP contribution is 2.37. The summed E-state index contributed by atoms with van der Waals surface area (Å²) in [4.78, 5) is 23.3. The summed E-state index contributed by atoms with van der Waals surface area (Å²) in [6, 6.07) is 3.80. The van der Waals surface area contributed by atoms with Crippen LogP contribution in [0.2, 0.25) is 0 Å². The second-order valence-electron chi connectivity index (χ2n) is 4.19. The maximum absolute atomic E-state index is 11.3. The number of para-hydroxylation sites is 1. The van der Waals surface area contributed by atoms with Crippen LogP contribution in [-0.2, 0) is 4.79 Å². The molecule has 0 fully saturated rings. The molecular weight excluding hydrogens is 264 g/mol. The van der Waals surface area contributed by atoms with E-state index in [-0.39, 0.29) is 17.1 Å². The Kier molecular flexibility index (Phi) is 5.31. The van der Waals surface area contributed by atoms with Crippen molar-refractivity contribution in [2.45, 2.75) is 26.3 Å². The maximum atomic E-state index is 11.3. The number of nitrogens with zero attached hydrogens (tertiary/aromatic N) is 2. The highest BCUT2D eigenvalue weighted by atomic mass is 16.6. The molecule has 1 unspecified atom stereocenters. The molecule has 0 heterocycles. The maximum Gasteiger partial charge on any atom is 0.333 e. The summed E-state index contributed by atoms with van der Waals surface area (Å²) in [7, 11) is 1.53. The van der Waals surface area contributed by atoms with Crippen molar-refractivity contribution >= 4 is 17.3 Å². The number of carbonyl (C=O) groups is 1. The first-order chi connectivity index (χ1) is 9.43. The molecule has 0 amide bonds. The van der Waals surface area contributed by atoms with Gasteiger partial charge in [-0.15, -0.1) is 0 Å². The standard InChI is InChI=1S/C13H18N2O5/c1-4-9(13(16)17)14(3)10-7-6-8-11(20-5-2)12(10)15(18)19/h6-9H,4-5H2,1-3H3,(H,16,17). The molecule has 0 aromatic heterocycles. The van der Waals surface area contributed by atoms with Gasteiger partial charge in [-0.25, -0.2) is 4.79 Å². The van der Waals surface area contributed by atoms with Crippen LogP contribution in [0.25, 0.3) is 0 Å². The molecule has 7 heteroatoms. The predicted octanol–water partition coefficient (Wildman–Crippen LogP) is 2.29. The predicted molar refractivity (Wildman–Crippen MR) is 74.4 cm³/mol. The van der Waals surface area contributed by atoms with Crippen LogP contribution in [0.15, 0.2) is 18.2 Å². The first kappa shape index (κ1) is 15.7. The van der Waals surface area contributed by atoms with Crippen molar-refractivity contribution in [3.8, 4) is 5.75 Å². The third kappa shape index (κ3) is 3.17. The number of likely N-dealkylation sites (N-methyl/N-ethyl adjacent to an activating group) is 1. The minimum atomic E-state index is -1.02. The Morgan fingerprint density at radius 2 is 2.15 bits per heavy atom. The number of carboxylic acids is 1. The molecule has 1 aromatic rings. The van der Waals surface area contributed by atoms with Crippen LogP contribution < -0.4 is 9.64 Å². The van der Waals surface area contributed by atoms with Crippen LogP contribution in [0.5, 0.6) is 5.75 Å². The van der Waals surface area contributed by atoms with Gasteiger partial charge in [0.2, 0.25) is 0 Å². The molecule has 1 N–H and O–H groups in total. The zero-order valence-electron chi connectivity index (χ0n) is 11.7. The third-order valence-electron chi connectivity index (χ3n) is 2.98. The molecule has 0 aliphatic heterocycles. The molecule has 0 spiro atoms. The minimum Gasteiger partial charge on any atom is -0.487 e. The second kappa shape index (κ2) is 6.74. The lowest BCUT2D eigenvalue weighted by Gasteiger charge is -2.25. The smallest absolute Gasteiger partial charge is 0.333 e. The third-order valence-corrected chi connectivity index (χ3v) is 2.98. The van der Waals surface area contributed by atoms with Gasteiger partial charge in [-0.3, -0.25) is 10.1 Å². The van der Waals surface area contributed by atoms with Gasteiger partial charge in [0.1, 0.15) is 11.7 Å². The normalized spacial score (nSPS) is 11.8. The quantitative estimate of drug-likeness (QED) is 0.609. The monoisotopic (exact) mass is 282 g/mol. The van der Waals surface area contributed by atoms with Gasteiger partial charge in [-0.2, -0.15) is 0 Å². The zero-order valence-corrected chi connectivity index (χ0v) is 11.7. The van der Waals surface area contributed by atoms with Gasteiger partial charge in [-0.05, 0) is 25.5 Å². The zero-order chi connectivity index (χ0) is 15.3. The lowest BCUT2D eigenvalue weighted by Crippen LogP contribution is -2.38. The Morgan fingerprint density at radius 1 is 1.50 bits per heavy atom. The Hall–Kier alpha value is -2.31. The SMILES string of the molecule is CCOc1cccc(N(C)C(CC)C(=O)O)c1[N+](=O)[O-]. The van der Waals surface area contributed by atoms with E-state index in [0.717, 1.165) is 0 Å². The summed E-state index contributed by atoms with van der Waals surface area (Å²) in [5, 5.41) is 20.4. The minimum absolute atomic E-state index is 0.141. The van der Waals surface area contributed by atoms with Gasteiger partial charge in [-0.1, -0.05) is 13.0 Å². The molecule has 1 rings (SSSR count). The number of rotatable bonds is 7. The van der Waals surface area contributed by atoms with E-state index in [1.807, 2.05) is 0 Å². The number of anilines is 1. The van der Waals surface area contributed by atoms with Gasteiger partial charge in [0.15, 0.2) is 5.75 Å². The molecule has 1 aromatic carbocycles. The van der Waals surface area contributed by atoms with E-state index in [2.05, 4.69) is 0 Å². The van der Waals surface area contributed by atoms with Crippen molar-refractivity contribution in [1.82, 2.24) is 0 Å². The Balaban J connectivity index is 3.32. The van der Waals surface area contributed by atoms with E-state index in [1.54, 1.807) is 19.9 Å².